The molecule has 0 unspecified atom stereocenters. The zero-order valence-electron chi connectivity index (χ0n) is 11.1. The Hall–Kier alpha value is -1.66. The fourth-order valence-corrected chi connectivity index (χ4v) is 2.65. The number of methoxy groups -OCH3 is 1. The van der Waals surface area contributed by atoms with Gasteiger partial charge in [-0.25, -0.2) is 9.97 Å². The van der Waals surface area contributed by atoms with E-state index in [4.69, 9.17) is 4.74 Å². The first kappa shape index (κ1) is 13.3. The van der Waals surface area contributed by atoms with Crippen molar-refractivity contribution in [3.63, 3.8) is 0 Å². The van der Waals surface area contributed by atoms with Crippen LogP contribution in [0.4, 0.5) is 11.5 Å². The van der Waals surface area contributed by atoms with Gasteiger partial charge in [0.15, 0.2) is 4.73 Å². The maximum atomic E-state index is 5.23. The van der Waals surface area contributed by atoms with Crippen molar-refractivity contribution in [3.05, 3.63) is 40.3 Å². The molecule has 6 heteroatoms. The zero-order valence-corrected chi connectivity index (χ0v) is 12.7. The molecule has 0 radical (unpaired) electrons. The number of anilines is 2. The number of rotatable bonds is 3. The van der Waals surface area contributed by atoms with Crippen molar-refractivity contribution < 1.29 is 4.74 Å². The van der Waals surface area contributed by atoms with Crippen LogP contribution in [0.25, 0.3) is 0 Å². The second-order valence-corrected chi connectivity index (χ2v) is 5.26. The molecule has 0 saturated carbocycles. The molecule has 0 spiro atoms. The number of aromatic nitrogens is 2. The Morgan fingerprint density at radius 3 is 3.10 bits per heavy atom. The van der Waals surface area contributed by atoms with Crippen molar-refractivity contribution in [1.29, 1.82) is 0 Å². The predicted molar refractivity (Wildman–Crippen MR) is 81.4 cm³/mol. The maximum absolute atomic E-state index is 5.23. The first-order chi connectivity index (χ1) is 9.76. The van der Waals surface area contributed by atoms with Gasteiger partial charge in [-0.05, 0) is 28.1 Å². The van der Waals surface area contributed by atoms with Gasteiger partial charge in [0.2, 0.25) is 0 Å². The Labute approximate surface area is 125 Å². The van der Waals surface area contributed by atoms with Crippen LogP contribution >= 0.6 is 15.9 Å². The third-order valence-electron chi connectivity index (χ3n) is 3.24. The molecule has 1 aromatic carbocycles. The second kappa shape index (κ2) is 5.76. The average molecular weight is 335 g/mol. The summed E-state index contributed by atoms with van der Waals surface area (Å²) in [5.41, 5.74) is 3.17. The fourth-order valence-electron chi connectivity index (χ4n) is 2.25. The van der Waals surface area contributed by atoms with Gasteiger partial charge in [0, 0.05) is 36.8 Å². The minimum atomic E-state index is 0.614. The minimum Gasteiger partial charge on any atom is -0.497 e. The van der Waals surface area contributed by atoms with E-state index in [2.05, 4.69) is 36.5 Å². The molecule has 0 bridgehead atoms. The molecular formula is C14H15BrN4O. The van der Waals surface area contributed by atoms with Crippen LogP contribution in [0.3, 0.4) is 0 Å². The van der Waals surface area contributed by atoms with Crippen LogP contribution < -0.4 is 15.4 Å². The number of hydrogen-bond acceptors (Lipinski definition) is 5. The lowest BCUT2D eigenvalue weighted by Crippen LogP contribution is -2.26. The summed E-state index contributed by atoms with van der Waals surface area (Å²) in [5.74, 6) is 1.65. The van der Waals surface area contributed by atoms with Crippen LogP contribution in [0.2, 0.25) is 0 Å². The number of nitrogens with one attached hydrogen (secondary N) is 2. The molecule has 0 aliphatic carbocycles. The molecular weight excluding hydrogens is 320 g/mol. The van der Waals surface area contributed by atoms with Gasteiger partial charge in [0.1, 0.15) is 11.6 Å². The molecule has 0 atom stereocenters. The van der Waals surface area contributed by atoms with E-state index in [9.17, 15) is 0 Å². The van der Waals surface area contributed by atoms with E-state index < -0.39 is 0 Å². The Morgan fingerprint density at radius 1 is 1.35 bits per heavy atom. The topological polar surface area (TPSA) is 59.1 Å². The fraction of sp³-hybridized carbons (Fsp3) is 0.286. The highest BCUT2D eigenvalue weighted by molar-refractivity contribution is 9.10. The highest BCUT2D eigenvalue weighted by Gasteiger charge is 2.17. The summed E-state index contributed by atoms with van der Waals surface area (Å²) in [6, 6.07) is 7.79. The minimum absolute atomic E-state index is 0.614. The van der Waals surface area contributed by atoms with Crippen molar-refractivity contribution in [2.75, 3.05) is 19.0 Å². The van der Waals surface area contributed by atoms with Crippen LogP contribution in [0.5, 0.6) is 5.75 Å². The number of ether oxygens (including phenoxy) is 1. The molecule has 0 amide bonds. The molecule has 1 aliphatic rings. The highest BCUT2D eigenvalue weighted by Crippen LogP contribution is 2.26. The van der Waals surface area contributed by atoms with Crippen molar-refractivity contribution in [2.45, 2.75) is 13.0 Å². The molecule has 2 N–H and O–H groups in total. The molecule has 0 saturated heterocycles. The van der Waals surface area contributed by atoms with Gasteiger partial charge in [-0.1, -0.05) is 6.07 Å². The number of hydrogen-bond donors (Lipinski definition) is 2. The lowest BCUT2D eigenvalue weighted by atomic mass is 10.1. The quantitative estimate of drug-likeness (QED) is 0.845. The number of fused-ring (bicyclic) bond motifs is 1. The number of benzene rings is 1. The maximum Gasteiger partial charge on any atom is 0.198 e. The first-order valence-electron chi connectivity index (χ1n) is 6.43. The van der Waals surface area contributed by atoms with Gasteiger partial charge in [0.25, 0.3) is 0 Å². The van der Waals surface area contributed by atoms with Gasteiger partial charge < -0.3 is 15.4 Å². The molecule has 1 aromatic heterocycles. The van der Waals surface area contributed by atoms with Gasteiger partial charge >= 0.3 is 0 Å². The lowest BCUT2D eigenvalue weighted by Gasteiger charge is -2.20. The van der Waals surface area contributed by atoms with E-state index in [-0.39, 0.29) is 0 Å². The van der Waals surface area contributed by atoms with Gasteiger partial charge in [-0.3, -0.25) is 0 Å². The van der Waals surface area contributed by atoms with Gasteiger partial charge in [0.05, 0.1) is 12.8 Å². The monoisotopic (exact) mass is 334 g/mol. The van der Waals surface area contributed by atoms with Gasteiger partial charge in [-0.15, -0.1) is 0 Å². The summed E-state index contributed by atoms with van der Waals surface area (Å²) in [4.78, 5) is 8.90. The van der Waals surface area contributed by atoms with E-state index in [1.54, 1.807) is 7.11 Å². The molecule has 0 fully saturated rings. The summed E-state index contributed by atoms with van der Waals surface area (Å²) in [5, 5.41) is 6.70. The van der Waals surface area contributed by atoms with E-state index in [1.807, 2.05) is 24.3 Å². The van der Waals surface area contributed by atoms with E-state index >= 15 is 0 Å². The Balaban J connectivity index is 1.95. The first-order valence-corrected chi connectivity index (χ1v) is 7.22. The molecule has 104 valence electrons. The second-order valence-electron chi connectivity index (χ2n) is 4.55. The average Bonchev–Trinajstić information content (AvgIpc) is 2.47. The molecule has 2 heterocycles. The van der Waals surface area contributed by atoms with Gasteiger partial charge in [-0.2, -0.15) is 0 Å². The van der Waals surface area contributed by atoms with Crippen molar-refractivity contribution in [2.24, 2.45) is 0 Å². The van der Waals surface area contributed by atoms with Crippen LogP contribution in [-0.4, -0.2) is 23.6 Å². The standard InChI is InChI=1S/C14H15BrN4O/c1-20-10-4-2-3-9(7-10)17-13-11-8-16-6-5-12(11)18-14(15)19-13/h2-4,7,16H,5-6,8H2,1H3,(H,17,18,19). The van der Waals surface area contributed by atoms with Crippen LogP contribution in [0.15, 0.2) is 29.0 Å². The lowest BCUT2D eigenvalue weighted by molar-refractivity contribution is 0.415. The van der Waals surface area contributed by atoms with Crippen molar-refractivity contribution in [1.82, 2.24) is 15.3 Å². The zero-order chi connectivity index (χ0) is 13.9. The molecule has 5 nitrogen and oxygen atoms in total. The third-order valence-corrected chi connectivity index (χ3v) is 3.59. The normalized spacial score (nSPS) is 13.7. The predicted octanol–water partition coefficient (Wildman–Crippen LogP) is 2.64. The molecule has 20 heavy (non-hydrogen) atoms. The Morgan fingerprint density at radius 2 is 2.25 bits per heavy atom. The van der Waals surface area contributed by atoms with Crippen LogP contribution in [0.1, 0.15) is 11.3 Å². The van der Waals surface area contributed by atoms with E-state index in [0.29, 0.717) is 4.73 Å². The molecule has 2 aromatic rings. The van der Waals surface area contributed by atoms with Crippen molar-refractivity contribution in [3.8, 4) is 5.75 Å². The SMILES string of the molecule is COc1cccc(Nc2nc(Br)nc3c2CNCC3)c1. The van der Waals surface area contributed by atoms with E-state index in [0.717, 1.165) is 48.0 Å². The summed E-state index contributed by atoms with van der Waals surface area (Å²) in [7, 11) is 1.66. The number of nitrogens with zero attached hydrogens (tertiary/aromatic N) is 2. The smallest absolute Gasteiger partial charge is 0.198 e. The summed E-state index contributed by atoms with van der Waals surface area (Å²) in [6.45, 7) is 1.74. The summed E-state index contributed by atoms with van der Waals surface area (Å²) in [6.07, 6.45) is 0.920. The largest absolute Gasteiger partial charge is 0.497 e. The molecule has 1 aliphatic heterocycles. The Kier molecular flexibility index (Phi) is 3.84. The number of halogens is 1. The summed E-state index contributed by atoms with van der Waals surface area (Å²) >= 11 is 3.38. The van der Waals surface area contributed by atoms with E-state index in [1.165, 1.54) is 0 Å². The van der Waals surface area contributed by atoms with Crippen LogP contribution in [0, 0.1) is 0 Å². The van der Waals surface area contributed by atoms with Crippen molar-refractivity contribution >= 4 is 27.4 Å². The highest BCUT2D eigenvalue weighted by atomic mass is 79.9. The van der Waals surface area contributed by atoms with Crippen LogP contribution in [-0.2, 0) is 13.0 Å². The summed E-state index contributed by atoms with van der Waals surface area (Å²) < 4.78 is 5.85. The Bertz CT molecular complexity index is 633. The molecule has 3 rings (SSSR count). The third kappa shape index (κ3) is 2.76.